The Labute approximate surface area is 72.7 Å². The molecular formula is C9H17F2N. The zero-order chi connectivity index (χ0) is 9.35. The second kappa shape index (κ2) is 3.29. The van der Waals surface area contributed by atoms with Gasteiger partial charge in [0.1, 0.15) is 0 Å². The third-order valence-corrected chi connectivity index (χ3v) is 2.71. The maximum atomic E-state index is 13.2. The normalized spacial score (nSPS) is 31.0. The number of likely N-dealkylation sites (tertiary alicyclic amines) is 1. The highest BCUT2D eigenvalue weighted by atomic mass is 19.3. The van der Waals surface area contributed by atoms with Gasteiger partial charge in [-0.2, -0.15) is 0 Å². The number of halogens is 2. The summed E-state index contributed by atoms with van der Waals surface area (Å²) >= 11 is 0. The molecular weight excluding hydrogens is 160 g/mol. The van der Waals surface area contributed by atoms with Crippen LogP contribution in [0.2, 0.25) is 0 Å². The van der Waals surface area contributed by atoms with E-state index < -0.39 is 11.8 Å². The molecule has 0 bridgehead atoms. The minimum absolute atomic E-state index is 0.0637. The van der Waals surface area contributed by atoms with Crippen molar-refractivity contribution in [3.63, 3.8) is 0 Å². The van der Waals surface area contributed by atoms with Gasteiger partial charge in [-0.3, -0.25) is 4.90 Å². The van der Waals surface area contributed by atoms with Gasteiger partial charge < -0.3 is 0 Å². The summed E-state index contributed by atoms with van der Waals surface area (Å²) < 4.78 is 26.3. The maximum absolute atomic E-state index is 13.2. The van der Waals surface area contributed by atoms with Gasteiger partial charge >= 0.3 is 0 Å². The molecule has 72 valence electrons. The van der Waals surface area contributed by atoms with Crippen LogP contribution in [0.4, 0.5) is 8.78 Å². The molecule has 0 amide bonds. The lowest BCUT2D eigenvalue weighted by Gasteiger charge is -2.38. The monoisotopic (exact) mass is 177 g/mol. The Bertz CT molecular complexity index is 157. The van der Waals surface area contributed by atoms with E-state index in [4.69, 9.17) is 0 Å². The van der Waals surface area contributed by atoms with E-state index in [2.05, 4.69) is 0 Å². The van der Waals surface area contributed by atoms with Crippen LogP contribution < -0.4 is 0 Å². The fourth-order valence-electron chi connectivity index (χ4n) is 1.52. The highest BCUT2D eigenvalue weighted by molar-refractivity contribution is 4.85. The van der Waals surface area contributed by atoms with E-state index in [0.29, 0.717) is 6.42 Å². The van der Waals surface area contributed by atoms with Gasteiger partial charge in [-0.15, -0.1) is 0 Å². The molecule has 0 aromatic rings. The Morgan fingerprint density at radius 2 is 2.00 bits per heavy atom. The van der Waals surface area contributed by atoms with Crippen LogP contribution >= 0.6 is 0 Å². The number of rotatable bonds is 1. The Kier molecular flexibility index (Phi) is 2.71. The maximum Gasteiger partial charge on any atom is 0.263 e. The summed E-state index contributed by atoms with van der Waals surface area (Å²) in [5.41, 5.74) is 0. The third kappa shape index (κ3) is 1.94. The van der Waals surface area contributed by atoms with E-state index in [1.54, 1.807) is 6.92 Å². The minimum Gasteiger partial charge on any atom is -0.295 e. The molecule has 1 heterocycles. The summed E-state index contributed by atoms with van der Waals surface area (Å²) in [6.45, 7) is 6.32. The van der Waals surface area contributed by atoms with Gasteiger partial charge in [0.25, 0.3) is 5.92 Å². The quantitative estimate of drug-likeness (QED) is 0.594. The van der Waals surface area contributed by atoms with Crippen LogP contribution in [-0.2, 0) is 0 Å². The van der Waals surface area contributed by atoms with Crippen LogP contribution in [0.5, 0.6) is 0 Å². The van der Waals surface area contributed by atoms with Gasteiger partial charge in [-0.1, -0.05) is 6.92 Å². The fourth-order valence-corrected chi connectivity index (χ4v) is 1.52. The van der Waals surface area contributed by atoms with Crippen molar-refractivity contribution in [3.05, 3.63) is 0 Å². The molecule has 1 rings (SSSR count). The zero-order valence-corrected chi connectivity index (χ0v) is 7.98. The molecule has 0 unspecified atom stereocenters. The summed E-state index contributed by atoms with van der Waals surface area (Å²) in [5, 5.41) is 0. The van der Waals surface area contributed by atoms with E-state index in [9.17, 15) is 8.78 Å². The average Bonchev–Trinajstić information content (AvgIpc) is 1.94. The van der Waals surface area contributed by atoms with E-state index in [0.717, 1.165) is 6.54 Å². The Balaban J connectivity index is 2.57. The van der Waals surface area contributed by atoms with Crippen molar-refractivity contribution in [2.75, 3.05) is 13.1 Å². The van der Waals surface area contributed by atoms with Crippen LogP contribution in [0.1, 0.15) is 27.2 Å². The second-order valence-corrected chi connectivity index (χ2v) is 4.01. The van der Waals surface area contributed by atoms with Crippen molar-refractivity contribution in [2.45, 2.75) is 39.2 Å². The number of piperidine rings is 1. The van der Waals surface area contributed by atoms with Crippen molar-refractivity contribution in [2.24, 2.45) is 5.92 Å². The minimum atomic E-state index is -2.48. The molecule has 1 fully saturated rings. The van der Waals surface area contributed by atoms with E-state index in [-0.39, 0.29) is 12.6 Å². The summed E-state index contributed by atoms with van der Waals surface area (Å²) in [4.78, 5) is 1.85. The number of alkyl halides is 2. The molecule has 0 N–H and O–H groups in total. The van der Waals surface area contributed by atoms with Crippen LogP contribution in [0.15, 0.2) is 0 Å². The first kappa shape index (κ1) is 9.90. The Morgan fingerprint density at radius 1 is 1.42 bits per heavy atom. The Morgan fingerprint density at radius 3 is 2.42 bits per heavy atom. The van der Waals surface area contributed by atoms with Gasteiger partial charge in [0.15, 0.2) is 0 Å². The molecule has 0 aliphatic carbocycles. The largest absolute Gasteiger partial charge is 0.295 e. The molecule has 0 spiro atoms. The Hall–Kier alpha value is -0.180. The molecule has 1 atom stereocenters. The number of hydrogen-bond donors (Lipinski definition) is 0. The SMILES string of the molecule is CC(C)N1CC[C@@H](C)C(F)(F)C1. The molecule has 0 aromatic carbocycles. The predicted octanol–water partition coefficient (Wildman–Crippen LogP) is 2.37. The first-order valence-electron chi connectivity index (χ1n) is 4.55. The predicted molar refractivity (Wildman–Crippen MR) is 45.4 cm³/mol. The van der Waals surface area contributed by atoms with E-state index in [1.807, 2.05) is 18.7 Å². The van der Waals surface area contributed by atoms with Gasteiger partial charge in [-0.25, -0.2) is 8.78 Å². The summed E-state index contributed by atoms with van der Waals surface area (Å²) in [6, 6.07) is 0.239. The highest BCUT2D eigenvalue weighted by Gasteiger charge is 2.42. The summed E-state index contributed by atoms with van der Waals surface area (Å²) in [5.74, 6) is -2.94. The van der Waals surface area contributed by atoms with Gasteiger partial charge in [-0.05, 0) is 26.8 Å². The van der Waals surface area contributed by atoms with Gasteiger partial charge in [0.2, 0.25) is 0 Å². The standard InChI is InChI=1S/C9H17F2N/c1-7(2)12-5-4-8(3)9(10,11)6-12/h7-8H,4-6H2,1-3H3/t8-/m1/s1. The van der Waals surface area contributed by atoms with E-state index >= 15 is 0 Å². The molecule has 0 radical (unpaired) electrons. The highest BCUT2D eigenvalue weighted by Crippen LogP contribution is 2.32. The second-order valence-electron chi connectivity index (χ2n) is 4.01. The lowest BCUT2D eigenvalue weighted by Crippen LogP contribution is -2.49. The van der Waals surface area contributed by atoms with Crippen LogP contribution in [0.25, 0.3) is 0 Å². The molecule has 1 nitrogen and oxygen atoms in total. The van der Waals surface area contributed by atoms with Crippen molar-refractivity contribution < 1.29 is 8.78 Å². The van der Waals surface area contributed by atoms with Crippen LogP contribution in [-0.4, -0.2) is 30.0 Å². The van der Waals surface area contributed by atoms with E-state index in [1.165, 1.54) is 0 Å². The zero-order valence-electron chi connectivity index (χ0n) is 7.98. The van der Waals surface area contributed by atoms with Crippen molar-refractivity contribution in [1.29, 1.82) is 0 Å². The molecule has 0 saturated carbocycles. The molecule has 3 heteroatoms. The molecule has 1 aliphatic heterocycles. The fraction of sp³-hybridized carbons (Fsp3) is 1.00. The van der Waals surface area contributed by atoms with Crippen molar-refractivity contribution >= 4 is 0 Å². The van der Waals surface area contributed by atoms with Gasteiger partial charge in [0.05, 0.1) is 6.54 Å². The number of hydrogen-bond acceptors (Lipinski definition) is 1. The lowest BCUT2D eigenvalue weighted by atomic mass is 9.94. The smallest absolute Gasteiger partial charge is 0.263 e. The van der Waals surface area contributed by atoms with Crippen LogP contribution in [0.3, 0.4) is 0 Å². The summed E-state index contributed by atoms with van der Waals surface area (Å²) in [6.07, 6.45) is 0.616. The van der Waals surface area contributed by atoms with Crippen molar-refractivity contribution in [1.82, 2.24) is 4.90 Å². The first-order valence-corrected chi connectivity index (χ1v) is 4.55. The van der Waals surface area contributed by atoms with Crippen molar-refractivity contribution in [3.8, 4) is 0 Å². The topological polar surface area (TPSA) is 3.24 Å². The molecule has 12 heavy (non-hydrogen) atoms. The first-order chi connectivity index (χ1) is 5.43. The molecule has 0 aromatic heterocycles. The number of nitrogens with zero attached hydrogens (tertiary/aromatic N) is 1. The third-order valence-electron chi connectivity index (χ3n) is 2.71. The van der Waals surface area contributed by atoms with Gasteiger partial charge in [0, 0.05) is 12.0 Å². The van der Waals surface area contributed by atoms with Crippen LogP contribution in [0, 0.1) is 5.92 Å². The summed E-state index contributed by atoms with van der Waals surface area (Å²) in [7, 11) is 0. The average molecular weight is 177 g/mol. The lowest BCUT2D eigenvalue weighted by molar-refractivity contribution is -0.110. The molecule has 1 saturated heterocycles. The molecule has 1 aliphatic rings.